The summed E-state index contributed by atoms with van der Waals surface area (Å²) in [6.45, 7) is 1.09. The molecule has 0 saturated carbocycles. The van der Waals surface area contributed by atoms with Crippen LogP contribution in [-0.4, -0.2) is 48.7 Å². The summed E-state index contributed by atoms with van der Waals surface area (Å²) in [5, 5.41) is 8.88. The molecule has 1 aliphatic heterocycles. The van der Waals surface area contributed by atoms with E-state index in [0.29, 0.717) is 24.5 Å². The maximum atomic E-state index is 11.4. The summed E-state index contributed by atoms with van der Waals surface area (Å²) < 4.78 is 10.3. The van der Waals surface area contributed by atoms with Crippen molar-refractivity contribution in [2.75, 3.05) is 26.8 Å². The summed E-state index contributed by atoms with van der Waals surface area (Å²) in [6, 6.07) is 5.34. The number of aromatic nitrogens is 1. The number of nitrogens with zero attached hydrogens (tertiary/aromatic N) is 3. The molecule has 1 aliphatic rings. The molecule has 0 aromatic carbocycles. The molecule has 6 heteroatoms. The zero-order valence-corrected chi connectivity index (χ0v) is 10.00. The van der Waals surface area contributed by atoms with Crippen molar-refractivity contribution in [2.24, 2.45) is 0 Å². The van der Waals surface area contributed by atoms with Crippen molar-refractivity contribution in [1.82, 2.24) is 9.88 Å². The zero-order valence-electron chi connectivity index (χ0n) is 10.00. The van der Waals surface area contributed by atoms with Gasteiger partial charge in [-0.1, -0.05) is 0 Å². The van der Waals surface area contributed by atoms with Gasteiger partial charge in [-0.3, -0.25) is 4.79 Å². The Kier molecular flexibility index (Phi) is 3.75. The van der Waals surface area contributed by atoms with Crippen LogP contribution in [-0.2, 0) is 9.53 Å². The van der Waals surface area contributed by atoms with E-state index in [4.69, 9.17) is 14.7 Å². The second-order valence-corrected chi connectivity index (χ2v) is 3.94. The molecular formula is C12H13N3O3. The Labute approximate surface area is 105 Å². The van der Waals surface area contributed by atoms with Gasteiger partial charge in [0.25, 0.3) is 0 Å². The maximum Gasteiger partial charge on any atom is 0.248 e. The molecule has 0 atom stereocenters. The molecule has 0 aliphatic carbocycles. The summed E-state index contributed by atoms with van der Waals surface area (Å²) >= 11 is 0. The minimum atomic E-state index is -0.104. The molecule has 1 saturated heterocycles. The van der Waals surface area contributed by atoms with Crippen LogP contribution in [0.4, 0.5) is 0 Å². The number of nitriles is 1. The minimum Gasteiger partial charge on any atom is -0.470 e. The number of ether oxygens (including phenoxy) is 2. The molecule has 0 spiro atoms. The Bertz CT molecular complexity index is 478. The van der Waals surface area contributed by atoms with Crippen LogP contribution >= 0.6 is 0 Å². The van der Waals surface area contributed by atoms with Gasteiger partial charge in [-0.2, -0.15) is 5.26 Å². The van der Waals surface area contributed by atoms with Crippen molar-refractivity contribution < 1.29 is 14.3 Å². The van der Waals surface area contributed by atoms with E-state index < -0.39 is 0 Å². The van der Waals surface area contributed by atoms with E-state index in [1.165, 1.54) is 7.11 Å². The Morgan fingerprint density at radius 3 is 3.11 bits per heavy atom. The highest BCUT2D eigenvalue weighted by molar-refractivity contribution is 5.78. The Morgan fingerprint density at radius 2 is 2.44 bits per heavy atom. The fourth-order valence-corrected chi connectivity index (χ4v) is 1.66. The lowest BCUT2D eigenvalue weighted by atomic mass is 10.1. The summed E-state index contributed by atoms with van der Waals surface area (Å²) in [5.41, 5.74) is 0.402. The lowest BCUT2D eigenvalue weighted by Gasteiger charge is -2.38. The Hall–Kier alpha value is -2.13. The fraction of sp³-hybridized carbons (Fsp3) is 0.417. The largest absolute Gasteiger partial charge is 0.470 e. The normalized spacial score (nSPS) is 14.8. The topological polar surface area (TPSA) is 75.4 Å². The van der Waals surface area contributed by atoms with E-state index in [1.807, 2.05) is 6.07 Å². The van der Waals surface area contributed by atoms with Crippen LogP contribution in [0.5, 0.6) is 5.88 Å². The average molecular weight is 247 g/mol. The molecule has 2 heterocycles. The van der Waals surface area contributed by atoms with Crippen molar-refractivity contribution in [3.05, 3.63) is 23.9 Å². The highest BCUT2D eigenvalue weighted by atomic mass is 16.5. The lowest BCUT2D eigenvalue weighted by molar-refractivity contribution is -0.144. The Morgan fingerprint density at radius 1 is 1.67 bits per heavy atom. The van der Waals surface area contributed by atoms with Crippen molar-refractivity contribution in [1.29, 1.82) is 5.26 Å². The minimum absolute atomic E-state index is 0.0566. The molecule has 6 nitrogen and oxygen atoms in total. The van der Waals surface area contributed by atoms with E-state index in [1.54, 1.807) is 23.2 Å². The third-order valence-corrected chi connectivity index (χ3v) is 2.64. The van der Waals surface area contributed by atoms with E-state index in [-0.39, 0.29) is 18.6 Å². The monoisotopic (exact) mass is 247 g/mol. The molecule has 94 valence electrons. The second kappa shape index (κ2) is 5.47. The maximum absolute atomic E-state index is 11.4. The van der Waals surface area contributed by atoms with Gasteiger partial charge in [-0.05, 0) is 12.1 Å². The van der Waals surface area contributed by atoms with Gasteiger partial charge in [0.2, 0.25) is 11.8 Å². The predicted molar refractivity (Wildman–Crippen MR) is 61.8 cm³/mol. The van der Waals surface area contributed by atoms with E-state index in [0.717, 1.165) is 0 Å². The van der Waals surface area contributed by atoms with Crippen LogP contribution in [0.2, 0.25) is 0 Å². The number of amides is 1. The summed E-state index contributed by atoms with van der Waals surface area (Å²) in [4.78, 5) is 17.1. The van der Waals surface area contributed by atoms with Crippen molar-refractivity contribution in [3.8, 4) is 11.9 Å². The first-order chi connectivity index (χ1) is 8.74. The first kappa shape index (κ1) is 12.3. The van der Waals surface area contributed by atoms with Crippen LogP contribution in [0.25, 0.3) is 0 Å². The van der Waals surface area contributed by atoms with Gasteiger partial charge in [0, 0.05) is 13.3 Å². The van der Waals surface area contributed by atoms with Crippen molar-refractivity contribution in [2.45, 2.75) is 6.10 Å². The van der Waals surface area contributed by atoms with E-state index in [2.05, 4.69) is 4.98 Å². The second-order valence-electron chi connectivity index (χ2n) is 3.94. The molecule has 0 bridgehead atoms. The predicted octanol–water partition coefficient (Wildman–Crippen LogP) is 0.189. The molecule has 0 unspecified atom stereocenters. The molecule has 1 aromatic rings. The molecule has 1 aromatic heterocycles. The van der Waals surface area contributed by atoms with Gasteiger partial charge in [-0.15, -0.1) is 0 Å². The average Bonchev–Trinajstić information content (AvgIpc) is 2.33. The SMILES string of the molecule is COCC(=O)N1CC(Oc2ncccc2C#N)C1. The first-order valence-corrected chi connectivity index (χ1v) is 5.53. The molecule has 0 radical (unpaired) electrons. The van der Waals surface area contributed by atoms with Crippen LogP contribution in [0.15, 0.2) is 18.3 Å². The zero-order chi connectivity index (χ0) is 13.0. The Balaban J connectivity index is 1.87. The van der Waals surface area contributed by atoms with Crippen LogP contribution in [0.3, 0.4) is 0 Å². The standard InChI is InChI=1S/C12H13N3O3/c1-17-8-11(16)15-6-10(7-15)18-12-9(5-13)3-2-4-14-12/h2-4,10H,6-8H2,1H3. The van der Waals surface area contributed by atoms with Gasteiger partial charge in [0.05, 0.1) is 13.1 Å². The number of hydrogen-bond donors (Lipinski definition) is 0. The number of carbonyl (C=O) groups excluding carboxylic acids is 1. The molecule has 1 fully saturated rings. The summed E-state index contributed by atoms with van der Waals surface area (Å²) in [5.74, 6) is 0.266. The highest BCUT2D eigenvalue weighted by Crippen LogP contribution is 2.19. The van der Waals surface area contributed by atoms with Crippen LogP contribution in [0.1, 0.15) is 5.56 Å². The van der Waals surface area contributed by atoms with Gasteiger partial charge in [0.15, 0.2) is 0 Å². The molecule has 2 rings (SSSR count). The fourth-order valence-electron chi connectivity index (χ4n) is 1.66. The van der Waals surface area contributed by atoms with E-state index in [9.17, 15) is 4.79 Å². The molecule has 18 heavy (non-hydrogen) atoms. The van der Waals surface area contributed by atoms with Crippen LogP contribution in [0, 0.1) is 11.3 Å². The van der Waals surface area contributed by atoms with Gasteiger partial charge in [-0.25, -0.2) is 4.98 Å². The molecular weight excluding hydrogens is 234 g/mol. The lowest BCUT2D eigenvalue weighted by Crippen LogP contribution is -2.57. The van der Waals surface area contributed by atoms with Crippen LogP contribution < -0.4 is 4.74 Å². The molecule has 0 N–H and O–H groups in total. The van der Waals surface area contributed by atoms with Gasteiger partial charge in [0.1, 0.15) is 24.3 Å². The number of carbonyl (C=O) groups is 1. The van der Waals surface area contributed by atoms with Crippen molar-refractivity contribution in [3.63, 3.8) is 0 Å². The first-order valence-electron chi connectivity index (χ1n) is 5.53. The van der Waals surface area contributed by atoms with E-state index >= 15 is 0 Å². The van der Waals surface area contributed by atoms with Crippen molar-refractivity contribution >= 4 is 5.91 Å². The molecule has 1 amide bonds. The van der Waals surface area contributed by atoms with Gasteiger partial charge >= 0.3 is 0 Å². The number of rotatable bonds is 4. The number of hydrogen-bond acceptors (Lipinski definition) is 5. The third-order valence-electron chi connectivity index (χ3n) is 2.64. The summed E-state index contributed by atoms with van der Waals surface area (Å²) in [6.07, 6.45) is 1.47. The van der Waals surface area contributed by atoms with Gasteiger partial charge < -0.3 is 14.4 Å². The number of pyridine rings is 1. The third kappa shape index (κ3) is 2.57. The smallest absolute Gasteiger partial charge is 0.248 e. The number of methoxy groups -OCH3 is 1. The highest BCUT2D eigenvalue weighted by Gasteiger charge is 2.32. The number of likely N-dealkylation sites (tertiary alicyclic amines) is 1. The quantitative estimate of drug-likeness (QED) is 0.759. The summed E-state index contributed by atoms with van der Waals surface area (Å²) in [7, 11) is 1.48.